The van der Waals surface area contributed by atoms with Crippen molar-refractivity contribution < 1.29 is 9.90 Å². The molecule has 0 saturated carbocycles. The predicted molar refractivity (Wildman–Crippen MR) is 72.6 cm³/mol. The first kappa shape index (κ1) is 12.6. The van der Waals surface area contributed by atoms with Crippen molar-refractivity contribution in [2.45, 2.75) is 12.8 Å². The Bertz CT molecular complexity index is 532. The molecular weight excluding hydrogens is 226 g/mol. The lowest BCUT2D eigenvalue weighted by atomic mass is 10.0. The molecule has 18 heavy (non-hydrogen) atoms. The van der Waals surface area contributed by atoms with Crippen molar-refractivity contribution in [2.24, 2.45) is 0 Å². The van der Waals surface area contributed by atoms with E-state index in [1.807, 2.05) is 42.5 Å². The minimum absolute atomic E-state index is 0.0512. The Morgan fingerprint density at radius 1 is 1.06 bits per heavy atom. The van der Waals surface area contributed by atoms with Crippen molar-refractivity contribution in [3.8, 4) is 0 Å². The van der Waals surface area contributed by atoms with E-state index in [9.17, 15) is 4.79 Å². The summed E-state index contributed by atoms with van der Waals surface area (Å²) in [6.45, 7) is 0.771. The number of rotatable bonds is 5. The third-order valence-corrected chi connectivity index (χ3v) is 2.90. The minimum atomic E-state index is -0.0512. The van der Waals surface area contributed by atoms with Gasteiger partial charge >= 0.3 is 0 Å². The highest BCUT2D eigenvalue weighted by Gasteiger charge is 2.08. The van der Waals surface area contributed by atoms with Crippen LogP contribution in [0.2, 0.25) is 0 Å². The Morgan fingerprint density at radius 3 is 2.67 bits per heavy atom. The summed E-state index contributed by atoms with van der Waals surface area (Å²) in [6, 6.07) is 13.6. The molecule has 94 valence electrons. The number of nitrogens with one attached hydrogen (secondary N) is 1. The van der Waals surface area contributed by atoms with E-state index in [1.54, 1.807) is 0 Å². The van der Waals surface area contributed by atoms with Crippen molar-refractivity contribution in [1.29, 1.82) is 0 Å². The van der Waals surface area contributed by atoms with E-state index in [2.05, 4.69) is 5.32 Å². The van der Waals surface area contributed by atoms with Crippen LogP contribution in [-0.2, 0) is 0 Å². The number of aliphatic hydroxyl groups is 1. The molecule has 1 amide bonds. The van der Waals surface area contributed by atoms with Crippen LogP contribution >= 0.6 is 0 Å². The number of aliphatic hydroxyl groups excluding tert-OH is 1. The Labute approximate surface area is 106 Å². The fourth-order valence-electron chi connectivity index (χ4n) is 1.96. The number of amides is 1. The lowest BCUT2D eigenvalue weighted by molar-refractivity contribution is 0.0953. The maximum Gasteiger partial charge on any atom is 0.251 e. The highest BCUT2D eigenvalue weighted by atomic mass is 16.2. The second-order valence-corrected chi connectivity index (χ2v) is 4.21. The summed E-state index contributed by atoms with van der Waals surface area (Å²) < 4.78 is 0. The molecule has 0 spiro atoms. The van der Waals surface area contributed by atoms with Gasteiger partial charge in [0.2, 0.25) is 0 Å². The number of benzene rings is 2. The predicted octanol–water partition coefficient (Wildman–Crippen LogP) is 2.34. The van der Waals surface area contributed by atoms with Gasteiger partial charge in [-0.25, -0.2) is 0 Å². The SMILES string of the molecule is O=C(NCCCCO)c1cccc2ccccc12. The van der Waals surface area contributed by atoms with Crippen LogP contribution in [0.3, 0.4) is 0 Å². The standard InChI is InChI=1S/C15H17NO2/c17-11-4-3-10-16-15(18)14-9-5-7-12-6-1-2-8-13(12)14/h1-2,5-9,17H,3-4,10-11H2,(H,16,18). The molecule has 3 heteroatoms. The van der Waals surface area contributed by atoms with Crippen LogP contribution in [0, 0.1) is 0 Å². The molecule has 2 aromatic rings. The molecule has 0 aromatic heterocycles. The molecular formula is C15H17NO2. The number of unbranched alkanes of at least 4 members (excludes halogenated alkanes) is 1. The summed E-state index contributed by atoms with van der Waals surface area (Å²) in [4.78, 5) is 12.0. The van der Waals surface area contributed by atoms with Gasteiger partial charge in [-0.1, -0.05) is 36.4 Å². The first-order chi connectivity index (χ1) is 8.83. The van der Waals surface area contributed by atoms with Gasteiger partial charge in [-0.2, -0.15) is 0 Å². The zero-order valence-corrected chi connectivity index (χ0v) is 10.2. The fraction of sp³-hybridized carbons (Fsp3) is 0.267. The normalized spacial score (nSPS) is 10.5. The number of carbonyl (C=O) groups excluding carboxylic acids is 1. The highest BCUT2D eigenvalue weighted by Crippen LogP contribution is 2.18. The van der Waals surface area contributed by atoms with Gasteiger partial charge in [0.05, 0.1) is 0 Å². The minimum Gasteiger partial charge on any atom is -0.396 e. The van der Waals surface area contributed by atoms with Gasteiger partial charge in [-0.15, -0.1) is 0 Å². The molecule has 3 nitrogen and oxygen atoms in total. The average molecular weight is 243 g/mol. The lowest BCUT2D eigenvalue weighted by Crippen LogP contribution is -2.24. The summed E-state index contributed by atoms with van der Waals surface area (Å²) in [7, 11) is 0. The number of fused-ring (bicyclic) bond motifs is 1. The second kappa shape index (κ2) is 6.17. The molecule has 0 atom stereocenters. The van der Waals surface area contributed by atoms with Crippen LogP contribution in [-0.4, -0.2) is 24.2 Å². The number of carbonyl (C=O) groups is 1. The maximum absolute atomic E-state index is 12.0. The summed E-state index contributed by atoms with van der Waals surface area (Å²) in [5, 5.41) is 13.6. The van der Waals surface area contributed by atoms with Gasteiger partial charge in [0.15, 0.2) is 0 Å². The molecule has 0 aliphatic carbocycles. The molecule has 0 aliphatic rings. The number of hydrogen-bond donors (Lipinski definition) is 2. The molecule has 0 heterocycles. The quantitative estimate of drug-likeness (QED) is 0.792. The smallest absolute Gasteiger partial charge is 0.251 e. The fourth-order valence-corrected chi connectivity index (χ4v) is 1.96. The van der Waals surface area contributed by atoms with E-state index < -0.39 is 0 Å². The summed E-state index contributed by atoms with van der Waals surface area (Å²) in [6.07, 6.45) is 1.52. The molecule has 2 rings (SSSR count). The first-order valence-electron chi connectivity index (χ1n) is 6.20. The molecule has 0 aliphatic heterocycles. The molecule has 0 saturated heterocycles. The zero-order valence-electron chi connectivity index (χ0n) is 10.2. The van der Waals surface area contributed by atoms with Gasteiger partial charge in [0.25, 0.3) is 5.91 Å². The van der Waals surface area contributed by atoms with Gasteiger partial charge in [0.1, 0.15) is 0 Å². The first-order valence-corrected chi connectivity index (χ1v) is 6.20. The third kappa shape index (κ3) is 2.87. The van der Waals surface area contributed by atoms with E-state index in [4.69, 9.17) is 5.11 Å². The van der Waals surface area contributed by atoms with E-state index in [1.165, 1.54) is 0 Å². The largest absolute Gasteiger partial charge is 0.396 e. The Hall–Kier alpha value is -1.87. The van der Waals surface area contributed by atoms with Gasteiger partial charge in [-0.05, 0) is 29.7 Å². The Balaban J connectivity index is 2.13. The summed E-state index contributed by atoms with van der Waals surface area (Å²) in [5.41, 5.74) is 0.706. The monoisotopic (exact) mass is 243 g/mol. The zero-order chi connectivity index (χ0) is 12.8. The summed E-state index contributed by atoms with van der Waals surface area (Å²) in [5.74, 6) is -0.0512. The molecule has 2 aromatic carbocycles. The maximum atomic E-state index is 12.0. The third-order valence-electron chi connectivity index (χ3n) is 2.90. The van der Waals surface area contributed by atoms with Crippen LogP contribution in [0.4, 0.5) is 0 Å². The summed E-state index contributed by atoms with van der Waals surface area (Å²) >= 11 is 0. The van der Waals surface area contributed by atoms with Crippen molar-refractivity contribution >= 4 is 16.7 Å². The lowest BCUT2D eigenvalue weighted by Gasteiger charge is -2.07. The van der Waals surface area contributed by atoms with Crippen molar-refractivity contribution in [2.75, 3.05) is 13.2 Å². The molecule has 0 bridgehead atoms. The number of hydrogen-bond acceptors (Lipinski definition) is 2. The van der Waals surface area contributed by atoms with Crippen LogP contribution in [0.15, 0.2) is 42.5 Å². The van der Waals surface area contributed by atoms with Crippen LogP contribution < -0.4 is 5.32 Å². The second-order valence-electron chi connectivity index (χ2n) is 4.21. The van der Waals surface area contributed by atoms with Crippen molar-refractivity contribution in [3.63, 3.8) is 0 Å². The topological polar surface area (TPSA) is 49.3 Å². The molecule has 0 fully saturated rings. The van der Waals surface area contributed by atoms with Crippen LogP contribution in [0.5, 0.6) is 0 Å². The van der Waals surface area contributed by atoms with Gasteiger partial charge in [0, 0.05) is 18.7 Å². The molecule has 2 N–H and O–H groups in total. The van der Waals surface area contributed by atoms with E-state index >= 15 is 0 Å². The van der Waals surface area contributed by atoms with Crippen LogP contribution in [0.25, 0.3) is 10.8 Å². The average Bonchev–Trinajstić information content (AvgIpc) is 2.43. The van der Waals surface area contributed by atoms with E-state index in [-0.39, 0.29) is 12.5 Å². The van der Waals surface area contributed by atoms with Crippen molar-refractivity contribution in [3.05, 3.63) is 48.0 Å². The van der Waals surface area contributed by atoms with E-state index in [0.29, 0.717) is 12.1 Å². The van der Waals surface area contributed by atoms with Gasteiger partial charge < -0.3 is 10.4 Å². The highest BCUT2D eigenvalue weighted by molar-refractivity contribution is 6.06. The molecule has 0 radical (unpaired) electrons. The Morgan fingerprint density at radius 2 is 1.83 bits per heavy atom. The van der Waals surface area contributed by atoms with Gasteiger partial charge in [-0.3, -0.25) is 4.79 Å². The van der Waals surface area contributed by atoms with E-state index in [0.717, 1.165) is 23.6 Å². The molecule has 0 unspecified atom stereocenters. The van der Waals surface area contributed by atoms with Crippen LogP contribution in [0.1, 0.15) is 23.2 Å². The van der Waals surface area contributed by atoms with Crippen molar-refractivity contribution in [1.82, 2.24) is 5.32 Å². The Kier molecular flexibility index (Phi) is 4.31.